The minimum Gasteiger partial charge on any atom is -0.249 e. The highest BCUT2D eigenvalue weighted by molar-refractivity contribution is 9.10. The fraction of sp³-hybridized carbons (Fsp3) is 0.286. The first-order valence-electron chi connectivity index (χ1n) is 3.14. The van der Waals surface area contributed by atoms with Gasteiger partial charge in [-0.05, 0) is 28.1 Å². The fourth-order valence-corrected chi connectivity index (χ4v) is 2.05. The Labute approximate surface area is 83.7 Å². The molecule has 1 rings (SSSR count). The molecular weight excluding hydrogens is 246 g/mol. The molecular formula is C7H7BrClNS. The molecule has 0 spiro atoms. The van der Waals surface area contributed by atoms with Gasteiger partial charge in [0.05, 0.1) is 0 Å². The van der Waals surface area contributed by atoms with E-state index in [2.05, 4.69) is 20.9 Å². The van der Waals surface area contributed by atoms with Crippen LogP contribution in [0.25, 0.3) is 0 Å². The maximum absolute atomic E-state index is 5.54. The van der Waals surface area contributed by atoms with Crippen LogP contribution < -0.4 is 0 Å². The molecule has 0 unspecified atom stereocenters. The lowest BCUT2D eigenvalue weighted by molar-refractivity contribution is 1.11. The summed E-state index contributed by atoms with van der Waals surface area (Å²) in [6.45, 7) is 0. The van der Waals surface area contributed by atoms with Crippen molar-refractivity contribution in [2.75, 3.05) is 11.6 Å². The van der Waals surface area contributed by atoms with Gasteiger partial charge in [0.1, 0.15) is 5.03 Å². The van der Waals surface area contributed by atoms with E-state index < -0.39 is 0 Å². The van der Waals surface area contributed by atoms with Gasteiger partial charge in [0, 0.05) is 22.3 Å². The molecule has 1 aromatic rings. The van der Waals surface area contributed by atoms with Crippen molar-refractivity contribution in [2.45, 2.75) is 5.03 Å². The summed E-state index contributed by atoms with van der Waals surface area (Å²) in [7, 11) is 0. The highest BCUT2D eigenvalue weighted by Gasteiger charge is 1.98. The molecule has 0 aliphatic heterocycles. The Morgan fingerprint density at radius 3 is 3.09 bits per heavy atom. The van der Waals surface area contributed by atoms with Gasteiger partial charge in [-0.15, -0.1) is 23.4 Å². The van der Waals surface area contributed by atoms with E-state index in [1.165, 1.54) is 0 Å². The Kier molecular flexibility index (Phi) is 4.26. The Bertz CT molecular complexity index is 231. The first-order valence-corrected chi connectivity index (χ1v) is 5.45. The monoisotopic (exact) mass is 251 g/mol. The van der Waals surface area contributed by atoms with Crippen molar-refractivity contribution in [2.24, 2.45) is 0 Å². The first-order chi connectivity index (χ1) is 5.34. The number of hydrogen-bond acceptors (Lipinski definition) is 2. The third-order valence-corrected chi connectivity index (χ3v) is 3.36. The highest BCUT2D eigenvalue weighted by Crippen LogP contribution is 2.24. The first kappa shape index (κ1) is 9.36. The quantitative estimate of drug-likeness (QED) is 0.605. The number of nitrogens with zero attached hydrogens (tertiary/aromatic N) is 1. The Morgan fingerprint density at radius 1 is 1.64 bits per heavy atom. The maximum atomic E-state index is 5.54. The second-order valence-corrected chi connectivity index (χ2v) is 4.14. The normalized spacial score (nSPS) is 10.0. The molecule has 4 heteroatoms. The van der Waals surface area contributed by atoms with Gasteiger partial charge in [0.25, 0.3) is 0 Å². The van der Waals surface area contributed by atoms with Crippen LogP contribution in [0.1, 0.15) is 0 Å². The number of alkyl halides is 1. The highest BCUT2D eigenvalue weighted by atomic mass is 79.9. The number of aromatic nitrogens is 1. The van der Waals surface area contributed by atoms with Crippen molar-refractivity contribution in [3.8, 4) is 0 Å². The molecule has 0 aromatic carbocycles. The van der Waals surface area contributed by atoms with Gasteiger partial charge in [-0.1, -0.05) is 0 Å². The molecule has 0 radical (unpaired) electrons. The van der Waals surface area contributed by atoms with Gasteiger partial charge in [-0.3, -0.25) is 0 Å². The van der Waals surface area contributed by atoms with Crippen LogP contribution in [-0.4, -0.2) is 16.6 Å². The minimum absolute atomic E-state index is 0.660. The third-order valence-electron chi connectivity index (χ3n) is 1.04. The summed E-state index contributed by atoms with van der Waals surface area (Å²) in [5, 5.41) is 1.01. The molecule has 0 bridgehead atoms. The van der Waals surface area contributed by atoms with E-state index >= 15 is 0 Å². The molecule has 0 amide bonds. The number of thioether (sulfide) groups is 1. The largest absolute Gasteiger partial charge is 0.249 e. The number of rotatable bonds is 3. The van der Waals surface area contributed by atoms with E-state index in [9.17, 15) is 0 Å². The lowest BCUT2D eigenvalue weighted by atomic mass is 10.5. The average molecular weight is 253 g/mol. The van der Waals surface area contributed by atoms with Crippen LogP contribution in [0, 0.1) is 0 Å². The standard InChI is InChI=1S/C7H7BrClNS/c8-6-2-1-4-10-7(6)11-5-3-9/h1-2,4H,3,5H2. The number of halogens is 2. The van der Waals surface area contributed by atoms with Crippen molar-refractivity contribution in [1.82, 2.24) is 4.98 Å². The summed E-state index contributed by atoms with van der Waals surface area (Å²) in [6.07, 6.45) is 1.78. The second-order valence-electron chi connectivity index (χ2n) is 1.83. The van der Waals surface area contributed by atoms with Crippen LogP contribution in [0.5, 0.6) is 0 Å². The van der Waals surface area contributed by atoms with E-state index in [1.54, 1.807) is 18.0 Å². The van der Waals surface area contributed by atoms with Crippen LogP contribution >= 0.6 is 39.3 Å². The molecule has 1 heterocycles. The molecule has 0 N–H and O–H groups in total. The van der Waals surface area contributed by atoms with Gasteiger partial charge >= 0.3 is 0 Å². The molecule has 11 heavy (non-hydrogen) atoms. The van der Waals surface area contributed by atoms with Crippen LogP contribution in [0.2, 0.25) is 0 Å². The van der Waals surface area contributed by atoms with Crippen molar-refractivity contribution in [3.05, 3.63) is 22.8 Å². The zero-order valence-corrected chi connectivity index (χ0v) is 8.92. The SMILES string of the molecule is ClCCSc1ncccc1Br. The summed E-state index contributed by atoms with van der Waals surface area (Å²) in [5.74, 6) is 1.56. The van der Waals surface area contributed by atoms with Gasteiger partial charge < -0.3 is 0 Å². The third kappa shape index (κ3) is 3.01. The van der Waals surface area contributed by atoms with E-state index in [1.807, 2.05) is 12.1 Å². The zero-order chi connectivity index (χ0) is 8.10. The van der Waals surface area contributed by atoms with E-state index in [-0.39, 0.29) is 0 Å². The van der Waals surface area contributed by atoms with Gasteiger partial charge in [0.15, 0.2) is 0 Å². The summed E-state index contributed by atoms with van der Waals surface area (Å²) < 4.78 is 1.04. The molecule has 1 nitrogen and oxygen atoms in total. The maximum Gasteiger partial charge on any atom is 0.110 e. The van der Waals surface area contributed by atoms with Crippen molar-refractivity contribution >= 4 is 39.3 Å². The molecule has 60 valence electrons. The Morgan fingerprint density at radius 2 is 2.45 bits per heavy atom. The molecule has 0 atom stereocenters. The fourth-order valence-electron chi connectivity index (χ4n) is 0.613. The average Bonchev–Trinajstić information content (AvgIpc) is 2.03. The van der Waals surface area contributed by atoms with Gasteiger partial charge in [0.2, 0.25) is 0 Å². The zero-order valence-electron chi connectivity index (χ0n) is 5.76. The lowest BCUT2D eigenvalue weighted by Crippen LogP contribution is -1.83. The van der Waals surface area contributed by atoms with Crippen LogP contribution in [0.4, 0.5) is 0 Å². The molecule has 0 aliphatic rings. The number of hydrogen-bond donors (Lipinski definition) is 0. The van der Waals surface area contributed by atoms with Crippen LogP contribution in [0.3, 0.4) is 0 Å². The summed E-state index contributed by atoms with van der Waals surface area (Å²) >= 11 is 10.6. The molecule has 0 saturated heterocycles. The smallest absolute Gasteiger partial charge is 0.110 e. The topological polar surface area (TPSA) is 12.9 Å². The molecule has 0 saturated carbocycles. The predicted octanol–water partition coefficient (Wildman–Crippen LogP) is 3.18. The lowest BCUT2D eigenvalue weighted by Gasteiger charge is -1.99. The Balaban J connectivity index is 2.62. The Hall–Kier alpha value is 0.270. The summed E-state index contributed by atoms with van der Waals surface area (Å²) in [4.78, 5) is 4.17. The van der Waals surface area contributed by atoms with E-state index in [0.717, 1.165) is 15.3 Å². The van der Waals surface area contributed by atoms with E-state index in [4.69, 9.17) is 11.6 Å². The van der Waals surface area contributed by atoms with E-state index in [0.29, 0.717) is 5.88 Å². The van der Waals surface area contributed by atoms with Crippen LogP contribution in [0.15, 0.2) is 27.8 Å². The second kappa shape index (κ2) is 5.01. The van der Waals surface area contributed by atoms with Gasteiger partial charge in [-0.25, -0.2) is 4.98 Å². The van der Waals surface area contributed by atoms with Crippen molar-refractivity contribution < 1.29 is 0 Å². The molecule has 1 aromatic heterocycles. The number of pyridine rings is 1. The minimum atomic E-state index is 0.660. The molecule has 0 fully saturated rings. The summed E-state index contributed by atoms with van der Waals surface area (Å²) in [5.41, 5.74) is 0. The van der Waals surface area contributed by atoms with Crippen molar-refractivity contribution in [3.63, 3.8) is 0 Å². The molecule has 0 aliphatic carbocycles. The van der Waals surface area contributed by atoms with Gasteiger partial charge in [-0.2, -0.15) is 0 Å². The predicted molar refractivity (Wildman–Crippen MR) is 53.4 cm³/mol. The van der Waals surface area contributed by atoms with Crippen LogP contribution in [-0.2, 0) is 0 Å². The summed E-state index contributed by atoms with van der Waals surface area (Å²) in [6, 6.07) is 3.87. The van der Waals surface area contributed by atoms with Crippen molar-refractivity contribution in [1.29, 1.82) is 0 Å².